The van der Waals surface area contributed by atoms with E-state index >= 15 is 0 Å². The van der Waals surface area contributed by atoms with Crippen LogP contribution in [-0.4, -0.2) is 32.3 Å². The molecule has 0 radical (unpaired) electrons. The van der Waals surface area contributed by atoms with Gasteiger partial charge < -0.3 is 15.0 Å². The third kappa shape index (κ3) is 3.59. The van der Waals surface area contributed by atoms with Crippen LogP contribution in [-0.2, 0) is 4.74 Å². The van der Waals surface area contributed by atoms with E-state index < -0.39 is 6.09 Å². The minimum atomic E-state index is -0.404. The Morgan fingerprint density at radius 2 is 2.05 bits per heavy atom. The van der Waals surface area contributed by atoms with E-state index in [2.05, 4.69) is 21.9 Å². The van der Waals surface area contributed by atoms with Crippen molar-refractivity contribution in [1.29, 1.82) is 0 Å². The summed E-state index contributed by atoms with van der Waals surface area (Å²) in [5.41, 5.74) is 0.976. The van der Waals surface area contributed by atoms with Crippen molar-refractivity contribution in [1.82, 2.24) is 5.32 Å². The lowest BCUT2D eigenvalue weighted by Crippen LogP contribution is -2.50. The average Bonchev–Trinajstić information content (AvgIpc) is 2.38. The van der Waals surface area contributed by atoms with Crippen LogP contribution >= 0.6 is 0 Å². The molecule has 1 heterocycles. The summed E-state index contributed by atoms with van der Waals surface area (Å²) in [5, 5.41) is 2.83. The van der Waals surface area contributed by atoms with Gasteiger partial charge in [-0.3, -0.25) is 0 Å². The molecule has 1 aliphatic heterocycles. The lowest BCUT2D eigenvalue weighted by molar-refractivity contribution is 0.163. The van der Waals surface area contributed by atoms with Crippen molar-refractivity contribution >= 4 is 11.8 Å². The Kier molecular flexibility index (Phi) is 4.24. The molecule has 2 unspecified atom stereocenters. The van der Waals surface area contributed by atoms with Gasteiger partial charge in [0.15, 0.2) is 0 Å². The van der Waals surface area contributed by atoms with Gasteiger partial charge in [0.1, 0.15) is 5.82 Å². The second kappa shape index (κ2) is 5.91. The SMILES string of the molecule is COC(=O)NC1CC(C)CN(c2ccc(F)cc2)C1. The molecule has 0 bridgehead atoms. The zero-order chi connectivity index (χ0) is 13.8. The fourth-order valence-electron chi connectivity index (χ4n) is 2.54. The molecule has 0 spiro atoms. The molecule has 1 aromatic carbocycles. The van der Waals surface area contributed by atoms with Crippen molar-refractivity contribution in [2.75, 3.05) is 25.1 Å². The molecule has 1 amide bonds. The number of benzene rings is 1. The summed E-state index contributed by atoms with van der Waals surface area (Å²) in [4.78, 5) is 13.4. The van der Waals surface area contributed by atoms with Crippen LogP contribution in [0.2, 0.25) is 0 Å². The van der Waals surface area contributed by atoms with E-state index in [1.54, 1.807) is 12.1 Å². The number of alkyl carbamates (subject to hydrolysis) is 1. The van der Waals surface area contributed by atoms with Crippen LogP contribution in [0, 0.1) is 11.7 Å². The highest BCUT2D eigenvalue weighted by Gasteiger charge is 2.26. The monoisotopic (exact) mass is 266 g/mol. The first-order chi connectivity index (χ1) is 9.08. The van der Waals surface area contributed by atoms with Gasteiger partial charge in [-0.1, -0.05) is 6.92 Å². The Bertz CT molecular complexity index is 436. The molecule has 0 aromatic heterocycles. The van der Waals surface area contributed by atoms with Crippen LogP contribution in [0.1, 0.15) is 13.3 Å². The van der Waals surface area contributed by atoms with Crippen LogP contribution in [0.3, 0.4) is 0 Å². The molecule has 4 nitrogen and oxygen atoms in total. The molecule has 1 N–H and O–H groups in total. The first-order valence-electron chi connectivity index (χ1n) is 6.43. The zero-order valence-corrected chi connectivity index (χ0v) is 11.2. The predicted octanol–water partition coefficient (Wildman–Crippen LogP) is 2.40. The fourth-order valence-corrected chi connectivity index (χ4v) is 2.54. The van der Waals surface area contributed by atoms with Crippen LogP contribution in [0.25, 0.3) is 0 Å². The van der Waals surface area contributed by atoms with Crippen molar-refractivity contribution in [3.05, 3.63) is 30.1 Å². The lowest BCUT2D eigenvalue weighted by Gasteiger charge is -2.38. The van der Waals surface area contributed by atoms with E-state index in [-0.39, 0.29) is 11.9 Å². The van der Waals surface area contributed by atoms with E-state index in [1.807, 2.05) is 0 Å². The number of piperidine rings is 1. The van der Waals surface area contributed by atoms with Gasteiger partial charge in [-0.05, 0) is 36.6 Å². The predicted molar refractivity (Wildman–Crippen MR) is 71.7 cm³/mol. The molecule has 5 heteroatoms. The number of methoxy groups -OCH3 is 1. The summed E-state index contributed by atoms with van der Waals surface area (Å²) in [6.45, 7) is 3.76. The normalized spacial score (nSPS) is 23.0. The van der Waals surface area contributed by atoms with Crippen molar-refractivity contribution in [2.24, 2.45) is 5.92 Å². The van der Waals surface area contributed by atoms with Crippen LogP contribution in [0.5, 0.6) is 0 Å². The summed E-state index contributed by atoms with van der Waals surface area (Å²) in [7, 11) is 1.36. The van der Waals surface area contributed by atoms with Crippen LogP contribution in [0.15, 0.2) is 24.3 Å². The third-order valence-electron chi connectivity index (χ3n) is 3.36. The number of ether oxygens (including phenoxy) is 1. The minimum absolute atomic E-state index is 0.0567. The molecule has 1 fully saturated rings. The summed E-state index contributed by atoms with van der Waals surface area (Å²) in [6.07, 6.45) is 0.519. The highest BCUT2D eigenvalue weighted by molar-refractivity contribution is 5.67. The second-order valence-electron chi connectivity index (χ2n) is 5.06. The van der Waals surface area contributed by atoms with Gasteiger partial charge in [0.05, 0.1) is 7.11 Å². The van der Waals surface area contributed by atoms with Gasteiger partial charge >= 0.3 is 6.09 Å². The number of nitrogens with zero attached hydrogens (tertiary/aromatic N) is 1. The van der Waals surface area contributed by atoms with Crippen LogP contribution in [0.4, 0.5) is 14.9 Å². The van der Waals surface area contributed by atoms with E-state index in [9.17, 15) is 9.18 Å². The number of halogens is 1. The summed E-state index contributed by atoms with van der Waals surface area (Å²) < 4.78 is 17.6. The molecule has 104 valence electrons. The molecule has 2 atom stereocenters. The number of carbonyl (C=O) groups excluding carboxylic acids is 1. The van der Waals surface area contributed by atoms with Crippen molar-refractivity contribution in [3.63, 3.8) is 0 Å². The Hall–Kier alpha value is -1.78. The molecule has 0 aliphatic carbocycles. The maximum absolute atomic E-state index is 12.9. The topological polar surface area (TPSA) is 41.6 Å². The van der Waals surface area contributed by atoms with Crippen molar-refractivity contribution in [3.8, 4) is 0 Å². The van der Waals surface area contributed by atoms with Crippen molar-refractivity contribution in [2.45, 2.75) is 19.4 Å². The minimum Gasteiger partial charge on any atom is -0.453 e. The smallest absolute Gasteiger partial charge is 0.407 e. The third-order valence-corrected chi connectivity index (χ3v) is 3.36. The molecular formula is C14H19FN2O2. The van der Waals surface area contributed by atoms with Gasteiger partial charge in [0, 0.05) is 24.8 Å². The Balaban J connectivity index is 2.05. The maximum Gasteiger partial charge on any atom is 0.407 e. The molecule has 19 heavy (non-hydrogen) atoms. The van der Waals surface area contributed by atoms with Gasteiger partial charge in [-0.25, -0.2) is 9.18 Å². The maximum atomic E-state index is 12.9. The Morgan fingerprint density at radius 1 is 1.37 bits per heavy atom. The molecule has 0 saturated carbocycles. The van der Waals surface area contributed by atoms with Gasteiger partial charge in [-0.2, -0.15) is 0 Å². The Labute approximate surface area is 112 Å². The number of hydrogen-bond acceptors (Lipinski definition) is 3. The first-order valence-corrected chi connectivity index (χ1v) is 6.43. The van der Waals surface area contributed by atoms with Gasteiger partial charge in [0.2, 0.25) is 0 Å². The lowest BCUT2D eigenvalue weighted by atomic mass is 9.95. The largest absolute Gasteiger partial charge is 0.453 e. The summed E-state index contributed by atoms with van der Waals surface area (Å²) in [5.74, 6) is 0.221. The fraction of sp³-hybridized carbons (Fsp3) is 0.500. The van der Waals surface area contributed by atoms with Crippen molar-refractivity contribution < 1.29 is 13.9 Å². The van der Waals surface area contributed by atoms with Gasteiger partial charge in [0.25, 0.3) is 0 Å². The molecule has 1 saturated heterocycles. The highest BCUT2D eigenvalue weighted by atomic mass is 19.1. The molecule has 1 aromatic rings. The molecule has 2 rings (SSSR count). The van der Waals surface area contributed by atoms with Crippen LogP contribution < -0.4 is 10.2 Å². The number of carbonyl (C=O) groups is 1. The van der Waals surface area contributed by atoms with E-state index in [0.29, 0.717) is 12.5 Å². The highest BCUT2D eigenvalue weighted by Crippen LogP contribution is 2.23. The first kappa shape index (κ1) is 13.6. The van der Waals surface area contributed by atoms with Gasteiger partial charge in [-0.15, -0.1) is 0 Å². The summed E-state index contributed by atoms with van der Waals surface area (Å²) >= 11 is 0. The average molecular weight is 266 g/mol. The second-order valence-corrected chi connectivity index (χ2v) is 5.06. The number of anilines is 1. The van der Waals surface area contributed by atoms with E-state index in [1.165, 1.54) is 19.2 Å². The zero-order valence-electron chi connectivity index (χ0n) is 11.2. The van der Waals surface area contributed by atoms with E-state index in [0.717, 1.165) is 18.7 Å². The number of rotatable bonds is 2. The number of hydrogen-bond donors (Lipinski definition) is 1. The quantitative estimate of drug-likeness (QED) is 0.893. The molecule has 1 aliphatic rings. The van der Waals surface area contributed by atoms with E-state index in [4.69, 9.17) is 0 Å². The molecular weight excluding hydrogens is 247 g/mol. The standard InChI is InChI=1S/C14H19FN2O2/c1-10-7-12(16-14(18)19-2)9-17(8-10)13-5-3-11(15)4-6-13/h3-6,10,12H,7-9H2,1-2H3,(H,16,18). The number of nitrogens with one attached hydrogen (secondary N) is 1. The summed E-state index contributed by atoms with van der Waals surface area (Å²) in [6, 6.07) is 6.50. The number of amides is 1. The Morgan fingerprint density at radius 3 is 2.68 bits per heavy atom.